The van der Waals surface area contributed by atoms with Gasteiger partial charge in [0.2, 0.25) is 0 Å². The summed E-state index contributed by atoms with van der Waals surface area (Å²) in [6, 6.07) is 8.32. The lowest BCUT2D eigenvalue weighted by atomic mass is 9.88. The first-order chi connectivity index (χ1) is 8.75. The summed E-state index contributed by atoms with van der Waals surface area (Å²) >= 11 is 0. The molecule has 4 heteroatoms. The molecule has 1 fully saturated rings. The average Bonchev–Trinajstić information content (AvgIpc) is 2.87. The average molecular weight is 244 g/mol. The Morgan fingerprint density at radius 3 is 3.06 bits per heavy atom. The number of nitrogens with one attached hydrogen (secondary N) is 2. The van der Waals surface area contributed by atoms with Gasteiger partial charge in [0.05, 0.1) is 11.4 Å². The Hall–Kier alpha value is -1.81. The summed E-state index contributed by atoms with van der Waals surface area (Å²) in [6.07, 6.45) is 3.30. The van der Waals surface area contributed by atoms with Gasteiger partial charge in [-0.3, -0.25) is 4.79 Å². The largest absolute Gasteiger partial charge is 0.481 e. The first-order valence-corrected chi connectivity index (χ1v) is 6.28. The maximum absolute atomic E-state index is 11.1. The summed E-state index contributed by atoms with van der Waals surface area (Å²) in [6.45, 7) is 0.763. The van der Waals surface area contributed by atoms with E-state index in [1.54, 1.807) is 0 Å². The van der Waals surface area contributed by atoms with Crippen LogP contribution in [0.25, 0.3) is 10.9 Å². The molecule has 2 aromatic rings. The molecular formula is C14H16N2O2. The van der Waals surface area contributed by atoms with E-state index in [-0.39, 0.29) is 12.0 Å². The van der Waals surface area contributed by atoms with Gasteiger partial charge in [0.15, 0.2) is 0 Å². The highest BCUT2D eigenvalue weighted by Gasteiger charge is 2.28. The standard InChI is InChI=1S/C14H16N2O2/c17-14(18)10-5-6-15-12(8-10)11-3-1-2-9-4-7-16-13(9)11/h1-4,7,10,12,15-16H,5-6,8H2,(H,17,18). The topological polar surface area (TPSA) is 65.1 Å². The minimum absolute atomic E-state index is 0.127. The summed E-state index contributed by atoms with van der Waals surface area (Å²) in [5, 5.41) is 13.7. The van der Waals surface area contributed by atoms with Gasteiger partial charge in [0.25, 0.3) is 0 Å². The molecule has 1 aromatic carbocycles. The number of fused-ring (bicyclic) bond motifs is 1. The Bertz CT molecular complexity index is 576. The highest BCUT2D eigenvalue weighted by atomic mass is 16.4. The maximum Gasteiger partial charge on any atom is 0.306 e. The lowest BCUT2D eigenvalue weighted by Gasteiger charge is -2.28. The number of aliphatic carboxylic acids is 1. The zero-order chi connectivity index (χ0) is 12.5. The second kappa shape index (κ2) is 4.46. The van der Waals surface area contributed by atoms with Crippen molar-refractivity contribution in [1.82, 2.24) is 10.3 Å². The van der Waals surface area contributed by atoms with Gasteiger partial charge in [-0.25, -0.2) is 0 Å². The van der Waals surface area contributed by atoms with E-state index in [1.165, 1.54) is 10.9 Å². The molecule has 0 radical (unpaired) electrons. The first kappa shape index (κ1) is 11.3. The number of carboxylic acid groups (broad SMARTS) is 1. The molecule has 0 spiro atoms. The number of carbonyl (C=O) groups is 1. The number of aromatic nitrogens is 1. The van der Waals surface area contributed by atoms with Gasteiger partial charge in [-0.2, -0.15) is 0 Å². The van der Waals surface area contributed by atoms with Gasteiger partial charge < -0.3 is 15.4 Å². The predicted molar refractivity (Wildman–Crippen MR) is 69.4 cm³/mol. The molecular weight excluding hydrogens is 228 g/mol. The van der Waals surface area contributed by atoms with Crippen LogP contribution in [0.2, 0.25) is 0 Å². The molecule has 1 aliphatic rings. The summed E-state index contributed by atoms with van der Waals surface area (Å²) in [5.74, 6) is -0.915. The van der Waals surface area contributed by atoms with Crippen molar-refractivity contribution in [3.8, 4) is 0 Å². The Morgan fingerprint density at radius 2 is 2.22 bits per heavy atom. The van der Waals surface area contributed by atoms with Gasteiger partial charge in [-0.15, -0.1) is 0 Å². The van der Waals surface area contributed by atoms with Crippen LogP contribution in [0.15, 0.2) is 30.5 Å². The van der Waals surface area contributed by atoms with Gasteiger partial charge >= 0.3 is 5.97 Å². The van der Waals surface area contributed by atoms with Crippen LogP contribution in [0.4, 0.5) is 0 Å². The van der Waals surface area contributed by atoms with Gasteiger partial charge in [-0.05, 0) is 36.4 Å². The molecule has 0 saturated carbocycles. The molecule has 1 aromatic heterocycles. The van der Waals surface area contributed by atoms with Crippen molar-refractivity contribution in [1.29, 1.82) is 0 Å². The third kappa shape index (κ3) is 1.88. The molecule has 2 unspecified atom stereocenters. The Kier molecular flexibility index (Phi) is 2.80. The Labute approximate surface area is 105 Å². The van der Waals surface area contributed by atoms with Crippen molar-refractivity contribution in [3.05, 3.63) is 36.0 Å². The van der Waals surface area contributed by atoms with E-state index in [0.29, 0.717) is 12.8 Å². The highest BCUT2D eigenvalue weighted by Crippen LogP contribution is 2.31. The van der Waals surface area contributed by atoms with Crippen molar-refractivity contribution in [2.45, 2.75) is 18.9 Å². The summed E-state index contributed by atoms with van der Waals surface area (Å²) in [7, 11) is 0. The van der Waals surface area contributed by atoms with E-state index in [9.17, 15) is 4.79 Å². The number of hydrogen-bond acceptors (Lipinski definition) is 2. The number of aromatic amines is 1. The van der Waals surface area contributed by atoms with Crippen LogP contribution in [-0.2, 0) is 4.79 Å². The number of carboxylic acids is 1. The second-order valence-corrected chi connectivity index (χ2v) is 4.86. The van der Waals surface area contributed by atoms with E-state index in [4.69, 9.17) is 5.11 Å². The molecule has 1 aliphatic heterocycles. The van der Waals surface area contributed by atoms with Gasteiger partial charge in [0.1, 0.15) is 0 Å². The van der Waals surface area contributed by atoms with Crippen LogP contribution >= 0.6 is 0 Å². The zero-order valence-corrected chi connectivity index (χ0v) is 10.0. The smallest absolute Gasteiger partial charge is 0.306 e. The van der Waals surface area contributed by atoms with Crippen molar-refractivity contribution in [2.24, 2.45) is 5.92 Å². The molecule has 94 valence electrons. The minimum Gasteiger partial charge on any atom is -0.481 e. The molecule has 3 rings (SSSR count). The molecule has 0 amide bonds. The highest BCUT2D eigenvalue weighted by molar-refractivity contribution is 5.83. The normalized spacial score (nSPS) is 24.2. The quantitative estimate of drug-likeness (QED) is 0.759. The number of piperidine rings is 1. The summed E-state index contributed by atoms with van der Waals surface area (Å²) in [4.78, 5) is 14.4. The van der Waals surface area contributed by atoms with E-state index in [2.05, 4.69) is 22.4 Å². The van der Waals surface area contributed by atoms with Crippen molar-refractivity contribution in [2.75, 3.05) is 6.54 Å². The monoisotopic (exact) mass is 244 g/mol. The zero-order valence-electron chi connectivity index (χ0n) is 10.0. The lowest BCUT2D eigenvalue weighted by molar-refractivity contribution is -0.143. The maximum atomic E-state index is 11.1. The molecule has 1 saturated heterocycles. The lowest BCUT2D eigenvalue weighted by Crippen LogP contribution is -2.35. The van der Waals surface area contributed by atoms with Crippen molar-refractivity contribution in [3.63, 3.8) is 0 Å². The van der Waals surface area contributed by atoms with Crippen LogP contribution in [0, 0.1) is 5.92 Å². The molecule has 2 atom stereocenters. The van der Waals surface area contributed by atoms with Gasteiger partial charge in [0, 0.05) is 12.2 Å². The molecule has 0 bridgehead atoms. The molecule has 3 N–H and O–H groups in total. The first-order valence-electron chi connectivity index (χ1n) is 6.28. The second-order valence-electron chi connectivity index (χ2n) is 4.86. The van der Waals surface area contributed by atoms with E-state index in [0.717, 1.165) is 12.1 Å². The number of rotatable bonds is 2. The number of benzene rings is 1. The fourth-order valence-electron chi connectivity index (χ4n) is 2.78. The predicted octanol–water partition coefficient (Wildman–Crippen LogP) is 2.29. The SMILES string of the molecule is O=C(O)C1CCNC(c2cccc3cc[nH]c23)C1. The number of hydrogen-bond donors (Lipinski definition) is 3. The van der Waals surface area contributed by atoms with Crippen LogP contribution in [0.5, 0.6) is 0 Å². The fraction of sp³-hybridized carbons (Fsp3) is 0.357. The van der Waals surface area contributed by atoms with E-state index >= 15 is 0 Å². The van der Waals surface area contributed by atoms with Crippen LogP contribution in [-0.4, -0.2) is 22.6 Å². The third-order valence-corrected chi connectivity index (χ3v) is 3.75. The molecule has 4 nitrogen and oxygen atoms in total. The van der Waals surface area contributed by atoms with Crippen LogP contribution in [0.1, 0.15) is 24.4 Å². The Morgan fingerprint density at radius 1 is 1.33 bits per heavy atom. The van der Waals surface area contributed by atoms with E-state index < -0.39 is 5.97 Å². The van der Waals surface area contributed by atoms with Gasteiger partial charge in [-0.1, -0.05) is 18.2 Å². The minimum atomic E-state index is -0.680. The molecule has 2 heterocycles. The molecule has 0 aliphatic carbocycles. The fourth-order valence-corrected chi connectivity index (χ4v) is 2.78. The van der Waals surface area contributed by atoms with E-state index in [1.807, 2.05) is 18.3 Å². The van der Waals surface area contributed by atoms with Crippen LogP contribution < -0.4 is 5.32 Å². The number of H-pyrrole nitrogens is 1. The summed E-state index contributed by atoms with van der Waals surface area (Å²) < 4.78 is 0. The summed E-state index contributed by atoms with van der Waals surface area (Å²) in [5.41, 5.74) is 2.28. The number of para-hydroxylation sites is 1. The van der Waals surface area contributed by atoms with Crippen LogP contribution in [0.3, 0.4) is 0 Å². The molecule has 18 heavy (non-hydrogen) atoms. The third-order valence-electron chi connectivity index (χ3n) is 3.75. The van der Waals surface area contributed by atoms with Crippen molar-refractivity contribution < 1.29 is 9.90 Å². The Balaban J connectivity index is 1.94. The van der Waals surface area contributed by atoms with Crippen molar-refractivity contribution >= 4 is 16.9 Å².